The lowest BCUT2D eigenvalue weighted by Gasteiger charge is -2.37. The van der Waals surface area contributed by atoms with Crippen molar-refractivity contribution in [1.29, 1.82) is 0 Å². The summed E-state index contributed by atoms with van der Waals surface area (Å²) in [6.45, 7) is 6.50. The number of rotatable bonds is 4. The van der Waals surface area contributed by atoms with Crippen LogP contribution < -0.4 is 5.73 Å². The molecule has 2 heterocycles. The van der Waals surface area contributed by atoms with Gasteiger partial charge in [-0.2, -0.15) is 11.3 Å². The van der Waals surface area contributed by atoms with Crippen molar-refractivity contribution < 1.29 is 4.79 Å². The SMILES string of the molecule is C[C@@H](c1ccsc1)N1CCN(CC(N)=O)CC1. The van der Waals surface area contributed by atoms with Crippen molar-refractivity contribution in [3.8, 4) is 0 Å². The van der Waals surface area contributed by atoms with Crippen molar-refractivity contribution in [3.63, 3.8) is 0 Å². The number of amides is 1. The summed E-state index contributed by atoms with van der Waals surface area (Å²) in [5.41, 5.74) is 6.59. The first kappa shape index (κ1) is 12.5. The van der Waals surface area contributed by atoms with E-state index in [4.69, 9.17) is 5.73 Å². The molecule has 4 nitrogen and oxygen atoms in total. The van der Waals surface area contributed by atoms with Crippen molar-refractivity contribution in [1.82, 2.24) is 9.80 Å². The molecule has 1 aromatic heterocycles. The minimum absolute atomic E-state index is 0.232. The normalized spacial score (nSPS) is 20.3. The number of hydrogen-bond acceptors (Lipinski definition) is 4. The van der Waals surface area contributed by atoms with Gasteiger partial charge in [0.15, 0.2) is 0 Å². The van der Waals surface area contributed by atoms with Crippen LogP contribution in [0, 0.1) is 0 Å². The fourth-order valence-electron chi connectivity index (χ4n) is 2.25. The molecule has 2 rings (SSSR count). The van der Waals surface area contributed by atoms with Gasteiger partial charge in [0.25, 0.3) is 0 Å². The molecule has 1 saturated heterocycles. The molecule has 0 saturated carbocycles. The van der Waals surface area contributed by atoms with E-state index in [1.807, 2.05) is 0 Å². The Balaban J connectivity index is 1.84. The van der Waals surface area contributed by atoms with Gasteiger partial charge >= 0.3 is 0 Å². The average Bonchev–Trinajstić information content (AvgIpc) is 2.82. The first-order chi connectivity index (χ1) is 8.16. The summed E-state index contributed by atoms with van der Waals surface area (Å²) < 4.78 is 0. The average molecular weight is 253 g/mol. The summed E-state index contributed by atoms with van der Waals surface area (Å²) in [7, 11) is 0. The molecule has 0 aliphatic carbocycles. The van der Waals surface area contributed by atoms with Gasteiger partial charge in [-0.15, -0.1) is 0 Å². The molecule has 0 radical (unpaired) electrons. The number of thiophene rings is 1. The van der Waals surface area contributed by atoms with Gasteiger partial charge in [-0.05, 0) is 29.3 Å². The van der Waals surface area contributed by atoms with Crippen LogP contribution >= 0.6 is 11.3 Å². The Bertz CT molecular complexity index is 358. The number of nitrogens with two attached hydrogens (primary N) is 1. The highest BCUT2D eigenvalue weighted by atomic mass is 32.1. The summed E-state index contributed by atoms with van der Waals surface area (Å²) in [5, 5.41) is 4.33. The van der Waals surface area contributed by atoms with Gasteiger partial charge in [-0.25, -0.2) is 0 Å². The maximum Gasteiger partial charge on any atom is 0.231 e. The second-order valence-corrected chi connectivity index (χ2v) is 5.29. The van der Waals surface area contributed by atoms with Gasteiger partial charge in [0.2, 0.25) is 5.91 Å². The molecule has 5 heteroatoms. The molecule has 1 aliphatic rings. The largest absolute Gasteiger partial charge is 0.369 e. The molecule has 1 aliphatic heterocycles. The van der Waals surface area contributed by atoms with Crippen molar-refractivity contribution in [2.24, 2.45) is 5.73 Å². The maximum atomic E-state index is 10.8. The molecule has 0 bridgehead atoms. The Kier molecular flexibility index (Phi) is 4.15. The molecule has 1 fully saturated rings. The van der Waals surface area contributed by atoms with E-state index in [1.54, 1.807) is 11.3 Å². The van der Waals surface area contributed by atoms with Crippen LogP contribution in [0.2, 0.25) is 0 Å². The van der Waals surface area contributed by atoms with Gasteiger partial charge < -0.3 is 5.73 Å². The van der Waals surface area contributed by atoms with E-state index in [0.29, 0.717) is 12.6 Å². The number of carbonyl (C=O) groups is 1. The standard InChI is InChI=1S/C12H19N3OS/c1-10(11-2-7-17-9-11)15-5-3-14(4-6-15)8-12(13)16/h2,7,9-10H,3-6,8H2,1H3,(H2,13,16)/t10-/m0/s1. The van der Waals surface area contributed by atoms with E-state index >= 15 is 0 Å². The highest BCUT2D eigenvalue weighted by molar-refractivity contribution is 7.07. The van der Waals surface area contributed by atoms with E-state index in [9.17, 15) is 4.79 Å². The van der Waals surface area contributed by atoms with Crippen LogP contribution in [0.1, 0.15) is 18.5 Å². The summed E-state index contributed by atoms with van der Waals surface area (Å²) in [4.78, 5) is 15.4. The van der Waals surface area contributed by atoms with E-state index in [-0.39, 0.29) is 5.91 Å². The molecule has 17 heavy (non-hydrogen) atoms. The minimum Gasteiger partial charge on any atom is -0.369 e. The smallest absolute Gasteiger partial charge is 0.231 e. The highest BCUT2D eigenvalue weighted by Gasteiger charge is 2.22. The van der Waals surface area contributed by atoms with Crippen LogP contribution in [-0.4, -0.2) is 48.4 Å². The quantitative estimate of drug-likeness (QED) is 0.868. The highest BCUT2D eigenvalue weighted by Crippen LogP contribution is 2.23. The number of piperazine rings is 1. The van der Waals surface area contributed by atoms with Crippen molar-refractivity contribution in [3.05, 3.63) is 22.4 Å². The fraction of sp³-hybridized carbons (Fsp3) is 0.583. The number of carbonyl (C=O) groups excluding carboxylic acids is 1. The lowest BCUT2D eigenvalue weighted by Crippen LogP contribution is -2.49. The van der Waals surface area contributed by atoms with E-state index in [2.05, 4.69) is 33.6 Å². The lowest BCUT2D eigenvalue weighted by molar-refractivity contribution is -0.119. The molecule has 1 amide bonds. The molecule has 1 atom stereocenters. The fourth-order valence-corrected chi connectivity index (χ4v) is 3.00. The third-order valence-corrected chi connectivity index (χ3v) is 4.06. The third kappa shape index (κ3) is 3.28. The van der Waals surface area contributed by atoms with Crippen LogP contribution in [0.25, 0.3) is 0 Å². The van der Waals surface area contributed by atoms with Crippen molar-refractivity contribution >= 4 is 17.2 Å². The number of nitrogens with zero attached hydrogens (tertiary/aromatic N) is 2. The predicted molar refractivity (Wildman–Crippen MR) is 69.9 cm³/mol. The molecule has 1 aromatic rings. The van der Waals surface area contributed by atoms with Crippen LogP contribution in [0.3, 0.4) is 0 Å². The first-order valence-corrected chi connectivity index (χ1v) is 6.88. The van der Waals surface area contributed by atoms with Crippen molar-refractivity contribution in [2.45, 2.75) is 13.0 Å². The molecule has 0 unspecified atom stereocenters. The number of hydrogen-bond donors (Lipinski definition) is 1. The van der Waals surface area contributed by atoms with E-state index in [1.165, 1.54) is 5.56 Å². The summed E-state index contributed by atoms with van der Waals surface area (Å²) in [6.07, 6.45) is 0. The lowest BCUT2D eigenvalue weighted by atomic mass is 10.1. The van der Waals surface area contributed by atoms with Gasteiger partial charge in [-0.1, -0.05) is 0 Å². The zero-order valence-corrected chi connectivity index (χ0v) is 10.9. The van der Waals surface area contributed by atoms with Crippen LogP contribution in [0.5, 0.6) is 0 Å². The Hall–Kier alpha value is -0.910. The second kappa shape index (κ2) is 5.62. The topological polar surface area (TPSA) is 49.6 Å². The minimum atomic E-state index is -0.232. The van der Waals surface area contributed by atoms with Crippen LogP contribution in [0.4, 0.5) is 0 Å². The summed E-state index contributed by atoms with van der Waals surface area (Å²) >= 11 is 1.74. The molecular weight excluding hydrogens is 234 g/mol. The van der Waals surface area contributed by atoms with Crippen molar-refractivity contribution in [2.75, 3.05) is 32.7 Å². The molecule has 94 valence electrons. The second-order valence-electron chi connectivity index (χ2n) is 4.51. The Morgan fingerprint density at radius 3 is 2.71 bits per heavy atom. The summed E-state index contributed by atoms with van der Waals surface area (Å²) in [6, 6.07) is 2.66. The Labute approximate surface area is 106 Å². The summed E-state index contributed by atoms with van der Waals surface area (Å²) in [5.74, 6) is -0.232. The first-order valence-electron chi connectivity index (χ1n) is 5.93. The molecular formula is C12H19N3OS. The van der Waals surface area contributed by atoms with Gasteiger partial charge in [0.05, 0.1) is 6.54 Å². The maximum absolute atomic E-state index is 10.8. The van der Waals surface area contributed by atoms with Crippen LogP contribution in [0.15, 0.2) is 16.8 Å². The van der Waals surface area contributed by atoms with Gasteiger partial charge in [0.1, 0.15) is 0 Å². The van der Waals surface area contributed by atoms with Gasteiger partial charge in [-0.3, -0.25) is 14.6 Å². The third-order valence-electron chi connectivity index (χ3n) is 3.36. The Morgan fingerprint density at radius 1 is 1.47 bits per heavy atom. The number of primary amides is 1. The van der Waals surface area contributed by atoms with E-state index in [0.717, 1.165) is 26.2 Å². The Morgan fingerprint density at radius 2 is 2.18 bits per heavy atom. The van der Waals surface area contributed by atoms with Gasteiger partial charge in [0, 0.05) is 32.2 Å². The monoisotopic (exact) mass is 253 g/mol. The van der Waals surface area contributed by atoms with E-state index < -0.39 is 0 Å². The predicted octanol–water partition coefficient (Wildman–Crippen LogP) is 0.912. The molecule has 2 N–H and O–H groups in total. The molecule has 0 spiro atoms. The zero-order valence-electron chi connectivity index (χ0n) is 10.1. The molecule has 0 aromatic carbocycles. The van der Waals surface area contributed by atoms with Crippen LogP contribution in [-0.2, 0) is 4.79 Å². The zero-order chi connectivity index (χ0) is 12.3.